The number of halogens is 1. The Kier molecular flexibility index (Phi) is 2.88. The number of imidazole rings is 1. The molecular formula is C11H12BrN3. The third kappa shape index (κ3) is 2.11. The predicted octanol–water partition coefficient (Wildman–Crippen LogP) is 2.65. The zero-order valence-corrected chi connectivity index (χ0v) is 9.98. The number of aromatic nitrogens is 2. The van der Waals surface area contributed by atoms with E-state index < -0.39 is 0 Å². The summed E-state index contributed by atoms with van der Waals surface area (Å²) in [6.45, 7) is 1.97. The Hall–Kier alpha value is -1.13. The SMILES string of the molecule is CC(N)c1cc(Br)ccc1-n1ccnc1. The average molecular weight is 266 g/mol. The molecule has 1 unspecified atom stereocenters. The number of hydrogen-bond donors (Lipinski definition) is 1. The van der Waals surface area contributed by atoms with Crippen LogP contribution in [0.1, 0.15) is 18.5 Å². The van der Waals surface area contributed by atoms with E-state index in [4.69, 9.17) is 5.73 Å². The summed E-state index contributed by atoms with van der Waals surface area (Å²) < 4.78 is 3.00. The van der Waals surface area contributed by atoms with Crippen LogP contribution in [0, 0.1) is 0 Å². The van der Waals surface area contributed by atoms with Gasteiger partial charge in [0.2, 0.25) is 0 Å². The molecule has 2 rings (SSSR count). The predicted molar refractivity (Wildman–Crippen MR) is 63.9 cm³/mol. The lowest BCUT2D eigenvalue weighted by atomic mass is 10.1. The first-order valence-corrected chi connectivity index (χ1v) is 5.51. The fourth-order valence-electron chi connectivity index (χ4n) is 1.53. The van der Waals surface area contributed by atoms with Gasteiger partial charge < -0.3 is 10.3 Å². The Balaban J connectivity index is 2.56. The van der Waals surface area contributed by atoms with E-state index in [1.807, 2.05) is 35.9 Å². The number of nitrogens with zero attached hydrogens (tertiary/aromatic N) is 2. The molecule has 0 amide bonds. The van der Waals surface area contributed by atoms with Gasteiger partial charge >= 0.3 is 0 Å². The van der Waals surface area contributed by atoms with Crippen molar-refractivity contribution in [1.82, 2.24) is 9.55 Å². The van der Waals surface area contributed by atoms with Crippen molar-refractivity contribution < 1.29 is 0 Å². The highest BCUT2D eigenvalue weighted by atomic mass is 79.9. The number of rotatable bonds is 2. The number of hydrogen-bond acceptors (Lipinski definition) is 2. The maximum atomic E-state index is 5.93. The minimum Gasteiger partial charge on any atom is -0.324 e. The maximum Gasteiger partial charge on any atom is 0.0991 e. The topological polar surface area (TPSA) is 43.8 Å². The number of benzene rings is 1. The van der Waals surface area contributed by atoms with Crippen LogP contribution in [0.2, 0.25) is 0 Å². The van der Waals surface area contributed by atoms with Gasteiger partial charge in [-0.25, -0.2) is 4.98 Å². The summed E-state index contributed by atoms with van der Waals surface area (Å²) in [7, 11) is 0. The van der Waals surface area contributed by atoms with Crippen LogP contribution in [0.15, 0.2) is 41.4 Å². The Labute approximate surface area is 97.1 Å². The molecule has 0 aliphatic rings. The largest absolute Gasteiger partial charge is 0.324 e. The van der Waals surface area contributed by atoms with E-state index >= 15 is 0 Å². The second kappa shape index (κ2) is 4.16. The molecule has 0 aliphatic heterocycles. The van der Waals surface area contributed by atoms with Crippen molar-refractivity contribution in [3.05, 3.63) is 47.0 Å². The summed E-state index contributed by atoms with van der Waals surface area (Å²) in [4.78, 5) is 4.03. The molecule has 3 nitrogen and oxygen atoms in total. The van der Waals surface area contributed by atoms with Crippen molar-refractivity contribution in [2.24, 2.45) is 5.73 Å². The molecule has 0 saturated carbocycles. The molecule has 78 valence electrons. The Morgan fingerprint density at radius 2 is 2.27 bits per heavy atom. The average Bonchev–Trinajstić information content (AvgIpc) is 2.70. The highest BCUT2D eigenvalue weighted by Gasteiger charge is 2.08. The zero-order valence-electron chi connectivity index (χ0n) is 8.39. The van der Waals surface area contributed by atoms with Gasteiger partial charge in [-0.1, -0.05) is 15.9 Å². The van der Waals surface area contributed by atoms with Crippen LogP contribution in [-0.4, -0.2) is 9.55 Å². The van der Waals surface area contributed by atoms with Gasteiger partial charge in [0.15, 0.2) is 0 Å². The van der Waals surface area contributed by atoms with Crippen molar-refractivity contribution in [3.63, 3.8) is 0 Å². The smallest absolute Gasteiger partial charge is 0.0991 e. The zero-order chi connectivity index (χ0) is 10.8. The third-order valence-corrected chi connectivity index (χ3v) is 2.76. The van der Waals surface area contributed by atoms with Gasteiger partial charge in [0.25, 0.3) is 0 Å². The molecule has 1 heterocycles. The van der Waals surface area contributed by atoms with Crippen LogP contribution in [0.5, 0.6) is 0 Å². The molecule has 2 N–H and O–H groups in total. The van der Waals surface area contributed by atoms with Gasteiger partial charge in [0.1, 0.15) is 0 Å². The van der Waals surface area contributed by atoms with Crippen molar-refractivity contribution >= 4 is 15.9 Å². The standard InChI is InChI=1S/C11H12BrN3/c1-8(13)10-6-9(12)2-3-11(10)15-5-4-14-7-15/h2-8H,13H2,1H3. The Bertz CT molecular complexity index is 449. The fourth-order valence-corrected chi connectivity index (χ4v) is 1.91. The molecule has 0 spiro atoms. The van der Waals surface area contributed by atoms with Crippen molar-refractivity contribution in [2.45, 2.75) is 13.0 Å². The first-order valence-electron chi connectivity index (χ1n) is 4.72. The third-order valence-electron chi connectivity index (χ3n) is 2.26. The van der Waals surface area contributed by atoms with Gasteiger partial charge in [0.05, 0.1) is 12.0 Å². The maximum absolute atomic E-state index is 5.93. The summed E-state index contributed by atoms with van der Waals surface area (Å²) in [5.74, 6) is 0. The van der Waals surface area contributed by atoms with E-state index in [9.17, 15) is 0 Å². The first kappa shape index (κ1) is 10.4. The van der Waals surface area contributed by atoms with Crippen LogP contribution >= 0.6 is 15.9 Å². The summed E-state index contributed by atoms with van der Waals surface area (Å²) in [6.07, 6.45) is 5.44. The van der Waals surface area contributed by atoms with Crippen molar-refractivity contribution in [2.75, 3.05) is 0 Å². The van der Waals surface area contributed by atoms with Crippen LogP contribution in [0.4, 0.5) is 0 Å². The van der Waals surface area contributed by atoms with Gasteiger partial charge in [-0.15, -0.1) is 0 Å². The Morgan fingerprint density at radius 1 is 1.47 bits per heavy atom. The second-order valence-corrected chi connectivity index (χ2v) is 4.38. The molecule has 0 bridgehead atoms. The summed E-state index contributed by atoms with van der Waals surface area (Å²) in [5, 5.41) is 0. The Morgan fingerprint density at radius 3 is 2.87 bits per heavy atom. The molecular weight excluding hydrogens is 254 g/mol. The molecule has 1 atom stereocenters. The van der Waals surface area contributed by atoms with Gasteiger partial charge in [-0.05, 0) is 30.7 Å². The van der Waals surface area contributed by atoms with Crippen molar-refractivity contribution in [1.29, 1.82) is 0 Å². The van der Waals surface area contributed by atoms with Gasteiger partial charge in [-0.3, -0.25) is 0 Å². The highest BCUT2D eigenvalue weighted by molar-refractivity contribution is 9.10. The van der Waals surface area contributed by atoms with E-state index in [1.165, 1.54) is 0 Å². The van der Waals surface area contributed by atoms with E-state index in [-0.39, 0.29) is 6.04 Å². The molecule has 1 aromatic carbocycles. The van der Waals surface area contributed by atoms with Crippen LogP contribution in [0.3, 0.4) is 0 Å². The molecule has 0 radical (unpaired) electrons. The summed E-state index contributed by atoms with van der Waals surface area (Å²) in [5.41, 5.74) is 8.11. The summed E-state index contributed by atoms with van der Waals surface area (Å²) in [6, 6.07) is 6.07. The molecule has 4 heteroatoms. The van der Waals surface area contributed by atoms with E-state index in [0.717, 1.165) is 15.7 Å². The number of nitrogens with two attached hydrogens (primary N) is 1. The van der Waals surface area contributed by atoms with E-state index in [0.29, 0.717) is 0 Å². The molecule has 1 aromatic heterocycles. The van der Waals surface area contributed by atoms with Crippen molar-refractivity contribution in [3.8, 4) is 5.69 Å². The monoisotopic (exact) mass is 265 g/mol. The van der Waals surface area contributed by atoms with E-state index in [2.05, 4.69) is 20.9 Å². The summed E-state index contributed by atoms with van der Waals surface area (Å²) >= 11 is 3.45. The fraction of sp³-hybridized carbons (Fsp3) is 0.182. The minimum absolute atomic E-state index is 0.0000926. The minimum atomic E-state index is -0.0000926. The lowest BCUT2D eigenvalue weighted by Crippen LogP contribution is -2.09. The van der Waals surface area contributed by atoms with Crippen LogP contribution in [0.25, 0.3) is 5.69 Å². The van der Waals surface area contributed by atoms with Gasteiger partial charge in [-0.2, -0.15) is 0 Å². The lowest BCUT2D eigenvalue weighted by molar-refractivity contribution is 0.803. The van der Waals surface area contributed by atoms with Gasteiger partial charge in [0, 0.05) is 22.9 Å². The van der Waals surface area contributed by atoms with Crippen LogP contribution < -0.4 is 5.73 Å². The molecule has 0 saturated heterocycles. The van der Waals surface area contributed by atoms with Crippen LogP contribution in [-0.2, 0) is 0 Å². The first-order chi connectivity index (χ1) is 7.18. The molecule has 2 aromatic rings. The normalized spacial score (nSPS) is 12.7. The highest BCUT2D eigenvalue weighted by Crippen LogP contribution is 2.24. The molecule has 0 fully saturated rings. The van der Waals surface area contributed by atoms with E-state index in [1.54, 1.807) is 12.5 Å². The molecule has 15 heavy (non-hydrogen) atoms. The quantitative estimate of drug-likeness (QED) is 0.908. The molecule has 0 aliphatic carbocycles. The second-order valence-electron chi connectivity index (χ2n) is 3.46. The lowest BCUT2D eigenvalue weighted by Gasteiger charge is -2.13.